The Morgan fingerprint density at radius 1 is 1.32 bits per heavy atom. The Balaban J connectivity index is 1.65. The lowest BCUT2D eigenvalue weighted by Gasteiger charge is -2.31. The predicted octanol–water partition coefficient (Wildman–Crippen LogP) is 2.17. The zero-order chi connectivity index (χ0) is 18.0. The zero-order valence-electron chi connectivity index (χ0n) is 13.8. The van der Waals surface area contributed by atoms with Crippen LogP contribution in [0.15, 0.2) is 40.6 Å². The summed E-state index contributed by atoms with van der Waals surface area (Å²) >= 11 is 0.910. The van der Waals surface area contributed by atoms with E-state index in [2.05, 4.69) is 21.8 Å². The standard InChI is InChI=1S/C17H20N2O4S2/c1-12(10-19-8-6-13-4-2-3-5-14(13)11-19)18-25(22,23)15-7-9-24-16(15)17(20)21/h2-5,7,9,12,18H,6,8,10-11H2,1H3,(H,20,21). The molecule has 0 amide bonds. The van der Waals surface area contributed by atoms with E-state index in [0.29, 0.717) is 6.54 Å². The van der Waals surface area contributed by atoms with E-state index in [4.69, 9.17) is 5.11 Å². The van der Waals surface area contributed by atoms with E-state index in [1.54, 1.807) is 6.92 Å². The smallest absolute Gasteiger partial charge is 0.347 e. The van der Waals surface area contributed by atoms with Crippen molar-refractivity contribution in [2.24, 2.45) is 0 Å². The van der Waals surface area contributed by atoms with E-state index in [1.807, 2.05) is 12.1 Å². The van der Waals surface area contributed by atoms with E-state index in [9.17, 15) is 13.2 Å². The first-order chi connectivity index (χ1) is 11.9. The number of sulfonamides is 1. The molecule has 0 bridgehead atoms. The number of fused-ring (bicyclic) bond motifs is 1. The highest BCUT2D eigenvalue weighted by atomic mass is 32.2. The molecule has 2 aromatic rings. The van der Waals surface area contributed by atoms with Crippen molar-refractivity contribution in [1.82, 2.24) is 9.62 Å². The number of carbonyl (C=O) groups is 1. The topological polar surface area (TPSA) is 86.7 Å². The van der Waals surface area contributed by atoms with Crippen molar-refractivity contribution < 1.29 is 18.3 Å². The number of aromatic carboxylic acids is 1. The molecule has 1 aromatic carbocycles. The van der Waals surface area contributed by atoms with Crippen LogP contribution in [0, 0.1) is 0 Å². The van der Waals surface area contributed by atoms with Gasteiger partial charge in [-0.25, -0.2) is 17.9 Å². The largest absolute Gasteiger partial charge is 0.477 e. The van der Waals surface area contributed by atoms with Gasteiger partial charge in [-0.3, -0.25) is 4.90 Å². The van der Waals surface area contributed by atoms with Crippen molar-refractivity contribution in [1.29, 1.82) is 0 Å². The third-order valence-corrected chi connectivity index (χ3v) is 6.87. The Labute approximate surface area is 151 Å². The highest BCUT2D eigenvalue weighted by Gasteiger charge is 2.26. The molecule has 1 atom stereocenters. The van der Waals surface area contributed by atoms with Crippen molar-refractivity contribution >= 4 is 27.3 Å². The molecular weight excluding hydrogens is 360 g/mol. The third kappa shape index (κ3) is 4.09. The van der Waals surface area contributed by atoms with E-state index in [-0.39, 0.29) is 15.8 Å². The Bertz CT molecular complexity index is 876. The Morgan fingerprint density at radius 3 is 2.76 bits per heavy atom. The normalized spacial score (nSPS) is 16.4. The fourth-order valence-electron chi connectivity index (χ4n) is 3.13. The molecule has 0 radical (unpaired) electrons. The molecule has 1 aliphatic heterocycles. The number of thiophene rings is 1. The van der Waals surface area contributed by atoms with Gasteiger partial charge in [0, 0.05) is 25.7 Å². The van der Waals surface area contributed by atoms with E-state index >= 15 is 0 Å². The van der Waals surface area contributed by atoms with Crippen molar-refractivity contribution in [2.45, 2.75) is 30.8 Å². The van der Waals surface area contributed by atoms with E-state index < -0.39 is 16.0 Å². The van der Waals surface area contributed by atoms with Crippen LogP contribution in [0.25, 0.3) is 0 Å². The van der Waals surface area contributed by atoms with Gasteiger partial charge < -0.3 is 5.11 Å². The summed E-state index contributed by atoms with van der Waals surface area (Å²) in [6, 6.07) is 9.28. The van der Waals surface area contributed by atoms with Crippen LogP contribution in [0.1, 0.15) is 27.7 Å². The lowest BCUT2D eigenvalue weighted by molar-refractivity contribution is 0.0698. The Morgan fingerprint density at radius 2 is 2.04 bits per heavy atom. The van der Waals surface area contributed by atoms with Gasteiger partial charge in [0.05, 0.1) is 0 Å². The summed E-state index contributed by atoms with van der Waals surface area (Å²) in [6.45, 7) is 4.04. The number of carboxylic acids is 1. The predicted molar refractivity (Wildman–Crippen MR) is 96.5 cm³/mol. The van der Waals surface area contributed by atoms with Crippen LogP contribution < -0.4 is 4.72 Å². The number of nitrogens with one attached hydrogen (secondary N) is 1. The molecule has 0 saturated heterocycles. The number of nitrogens with zero attached hydrogens (tertiary/aromatic N) is 1. The first-order valence-electron chi connectivity index (χ1n) is 7.99. The van der Waals surface area contributed by atoms with Gasteiger partial charge in [0.25, 0.3) is 0 Å². The number of benzene rings is 1. The maximum absolute atomic E-state index is 12.5. The van der Waals surface area contributed by atoms with Crippen LogP contribution in [0.2, 0.25) is 0 Å². The second kappa shape index (κ2) is 7.25. The summed E-state index contributed by atoms with van der Waals surface area (Å²) in [6.07, 6.45) is 0.948. The minimum Gasteiger partial charge on any atom is -0.477 e. The van der Waals surface area contributed by atoms with Crippen molar-refractivity contribution in [3.63, 3.8) is 0 Å². The second-order valence-electron chi connectivity index (χ2n) is 6.20. The van der Waals surface area contributed by atoms with Crippen LogP contribution >= 0.6 is 11.3 Å². The van der Waals surface area contributed by atoms with Crippen LogP contribution in [0.5, 0.6) is 0 Å². The SMILES string of the molecule is CC(CN1CCc2ccccc2C1)NS(=O)(=O)c1ccsc1C(=O)O. The molecule has 2 N–H and O–H groups in total. The van der Waals surface area contributed by atoms with Gasteiger partial charge >= 0.3 is 5.97 Å². The lowest BCUT2D eigenvalue weighted by atomic mass is 10.00. The average molecular weight is 380 g/mol. The summed E-state index contributed by atoms with van der Waals surface area (Å²) in [5.41, 5.74) is 2.62. The van der Waals surface area contributed by atoms with Crippen molar-refractivity contribution in [2.75, 3.05) is 13.1 Å². The summed E-state index contributed by atoms with van der Waals surface area (Å²) in [5.74, 6) is -1.23. The van der Waals surface area contributed by atoms with Crippen LogP contribution in [-0.2, 0) is 23.0 Å². The van der Waals surface area contributed by atoms with Gasteiger partial charge in [-0.05, 0) is 35.9 Å². The molecule has 1 aliphatic rings. The van der Waals surface area contributed by atoms with Gasteiger partial charge in [-0.1, -0.05) is 24.3 Å². The average Bonchev–Trinajstić information content (AvgIpc) is 3.05. The van der Waals surface area contributed by atoms with Crippen LogP contribution in [0.4, 0.5) is 0 Å². The number of carboxylic acid groups (broad SMARTS) is 1. The molecule has 134 valence electrons. The van der Waals surface area contributed by atoms with Crippen LogP contribution in [-0.4, -0.2) is 43.5 Å². The maximum Gasteiger partial charge on any atom is 0.347 e. The third-order valence-electron chi connectivity index (χ3n) is 4.21. The minimum atomic E-state index is -3.85. The molecule has 1 unspecified atom stereocenters. The molecular formula is C17H20N2O4S2. The molecule has 8 heteroatoms. The molecule has 1 aromatic heterocycles. The molecule has 0 spiro atoms. The molecule has 6 nitrogen and oxygen atoms in total. The number of hydrogen-bond donors (Lipinski definition) is 2. The van der Waals surface area contributed by atoms with Gasteiger partial charge in [0.2, 0.25) is 10.0 Å². The summed E-state index contributed by atoms with van der Waals surface area (Å²) in [5, 5.41) is 10.6. The zero-order valence-corrected chi connectivity index (χ0v) is 15.4. The molecule has 0 aliphatic carbocycles. The first kappa shape index (κ1) is 18.1. The molecule has 0 saturated carbocycles. The first-order valence-corrected chi connectivity index (χ1v) is 10.4. The van der Waals surface area contributed by atoms with Crippen LogP contribution in [0.3, 0.4) is 0 Å². The van der Waals surface area contributed by atoms with Gasteiger partial charge in [0.1, 0.15) is 9.77 Å². The van der Waals surface area contributed by atoms with Gasteiger partial charge in [-0.2, -0.15) is 0 Å². The molecule has 3 rings (SSSR count). The fourth-order valence-corrected chi connectivity index (χ4v) is 5.62. The molecule has 2 heterocycles. The highest BCUT2D eigenvalue weighted by molar-refractivity contribution is 7.89. The Kier molecular flexibility index (Phi) is 5.24. The summed E-state index contributed by atoms with van der Waals surface area (Å²) in [4.78, 5) is 13.0. The quantitative estimate of drug-likeness (QED) is 0.802. The minimum absolute atomic E-state index is 0.161. The van der Waals surface area contributed by atoms with Crippen molar-refractivity contribution in [3.8, 4) is 0 Å². The number of hydrogen-bond acceptors (Lipinski definition) is 5. The van der Waals surface area contributed by atoms with Gasteiger partial charge in [0.15, 0.2) is 0 Å². The summed E-state index contributed by atoms with van der Waals surface area (Å²) in [7, 11) is -3.85. The fraction of sp³-hybridized carbons (Fsp3) is 0.353. The second-order valence-corrected chi connectivity index (χ2v) is 8.79. The monoisotopic (exact) mass is 380 g/mol. The summed E-state index contributed by atoms with van der Waals surface area (Å²) < 4.78 is 27.6. The Hall–Kier alpha value is -1.74. The number of rotatable bonds is 6. The van der Waals surface area contributed by atoms with E-state index in [1.165, 1.54) is 22.6 Å². The molecule has 0 fully saturated rings. The highest BCUT2D eigenvalue weighted by Crippen LogP contribution is 2.22. The van der Waals surface area contributed by atoms with E-state index in [0.717, 1.165) is 30.8 Å². The lowest BCUT2D eigenvalue weighted by Crippen LogP contribution is -2.43. The van der Waals surface area contributed by atoms with Gasteiger partial charge in [-0.15, -0.1) is 11.3 Å². The van der Waals surface area contributed by atoms with Crippen molar-refractivity contribution in [3.05, 3.63) is 51.7 Å². The maximum atomic E-state index is 12.5. The molecule has 25 heavy (non-hydrogen) atoms.